The van der Waals surface area contributed by atoms with Crippen molar-refractivity contribution in [1.29, 1.82) is 0 Å². The maximum Gasteiger partial charge on any atom is 0.255 e. The van der Waals surface area contributed by atoms with Crippen LogP contribution in [-0.2, 0) is 19.3 Å². The van der Waals surface area contributed by atoms with E-state index in [1.54, 1.807) is 0 Å². The van der Waals surface area contributed by atoms with Gasteiger partial charge in [-0.3, -0.25) is 4.79 Å². The van der Waals surface area contributed by atoms with Crippen molar-refractivity contribution >= 4 is 22.5 Å². The van der Waals surface area contributed by atoms with Gasteiger partial charge in [-0.05, 0) is 98.0 Å². The number of benzene rings is 3. The molecule has 168 valence electrons. The smallest absolute Gasteiger partial charge is 0.255 e. The van der Waals surface area contributed by atoms with E-state index in [9.17, 15) is 13.6 Å². The Hall–Kier alpha value is -3.51. The van der Waals surface area contributed by atoms with Crippen LogP contribution >= 0.6 is 0 Å². The Balaban J connectivity index is 1.26. The van der Waals surface area contributed by atoms with E-state index in [-0.39, 0.29) is 17.5 Å². The molecule has 5 rings (SSSR count). The number of hydrogen-bond acceptors (Lipinski definition) is 2. The van der Waals surface area contributed by atoms with E-state index in [0.717, 1.165) is 48.7 Å². The average molecular weight is 446 g/mol. The third-order valence-corrected chi connectivity index (χ3v) is 6.31. The number of rotatable bonds is 6. The van der Waals surface area contributed by atoms with Crippen molar-refractivity contribution in [3.8, 4) is 0 Å². The highest BCUT2D eigenvalue weighted by atomic mass is 19.1. The van der Waals surface area contributed by atoms with Crippen LogP contribution in [0.1, 0.15) is 33.6 Å². The summed E-state index contributed by atoms with van der Waals surface area (Å²) in [5.41, 5.74) is 5.85. The molecule has 0 radical (unpaired) electrons. The first-order chi connectivity index (χ1) is 16.0. The number of nitrogens with one attached hydrogen (secondary N) is 3. The van der Waals surface area contributed by atoms with Crippen LogP contribution in [0.2, 0.25) is 0 Å². The molecule has 3 N–H and O–H groups in total. The lowest BCUT2D eigenvalue weighted by atomic mass is 9.91. The summed E-state index contributed by atoms with van der Waals surface area (Å²) in [6.45, 7) is 0.840. The van der Waals surface area contributed by atoms with Gasteiger partial charge in [0, 0.05) is 33.9 Å². The second kappa shape index (κ2) is 9.16. The van der Waals surface area contributed by atoms with Gasteiger partial charge < -0.3 is 15.6 Å². The molecule has 4 aromatic rings. The summed E-state index contributed by atoms with van der Waals surface area (Å²) in [6.07, 6.45) is 3.79. The van der Waals surface area contributed by atoms with Crippen LogP contribution in [0, 0.1) is 11.6 Å². The number of aromatic amines is 1. The molecule has 6 heteroatoms. The normalized spacial score (nSPS) is 15.4. The van der Waals surface area contributed by atoms with Gasteiger partial charge in [-0.1, -0.05) is 12.1 Å². The molecule has 1 unspecified atom stereocenters. The van der Waals surface area contributed by atoms with Crippen molar-refractivity contribution in [3.63, 3.8) is 0 Å². The van der Waals surface area contributed by atoms with Gasteiger partial charge in [0.05, 0.1) is 0 Å². The van der Waals surface area contributed by atoms with Gasteiger partial charge in [0.15, 0.2) is 0 Å². The highest BCUT2D eigenvalue weighted by Gasteiger charge is 2.22. The maximum atomic E-state index is 13.1. The number of halogens is 2. The predicted octanol–water partition coefficient (Wildman–Crippen LogP) is 5.39. The number of H-pyrrole nitrogens is 1. The average Bonchev–Trinajstić information content (AvgIpc) is 3.18. The zero-order chi connectivity index (χ0) is 22.8. The van der Waals surface area contributed by atoms with Crippen molar-refractivity contribution in [1.82, 2.24) is 10.3 Å². The molecule has 3 aromatic carbocycles. The van der Waals surface area contributed by atoms with Crippen LogP contribution in [0.5, 0.6) is 0 Å². The summed E-state index contributed by atoms with van der Waals surface area (Å²) in [6, 6.07) is 18.4. The molecule has 1 atom stereocenters. The first-order valence-corrected chi connectivity index (χ1v) is 11.2. The summed E-state index contributed by atoms with van der Waals surface area (Å²) >= 11 is 0. The monoisotopic (exact) mass is 445 g/mol. The SMILES string of the molecule is O=C(Nc1ccc2[nH]c3c(c2c1)CC(NCCc1ccc(F)cc1)CC3)c1ccc(F)cc1. The standard InChI is InChI=1S/C27H25F2N3O/c28-19-5-1-17(2-6-19)13-14-30-21-9-11-25-23(15-21)24-16-22(10-12-26(24)32-25)31-27(33)18-3-7-20(29)8-4-18/h1-8,10,12,16,21,30,32H,9,11,13-15H2,(H,31,33). The van der Waals surface area contributed by atoms with Crippen molar-refractivity contribution in [2.75, 3.05) is 11.9 Å². The number of amides is 1. The van der Waals surface area contributed by atoms with E-state index in [4.69, 9.17) is 0 Å². The fourth-order valence-corrected chi connectivity index (χ4v) is 4.55. The Morgan fingerprint density at radius 3 is 2.45 bits per heavy atom. The van der Waals surface area contributed by atoms with Crippen LogP contribution in [0.25, 0.3) is 10.9 Å². The lowest BCUT2D eigenvalue weighted by Crippen LogP contribution is -2.35. The molecule has 0 aliphatic heterocycles. The summed E-state index contributed by atoms with van der Waals surface area (Å²) < 4.78 is 26.2. The van der Waals surface area contributed by atoms with Crippen molar-refractivity contribution in [2.45, 2.75) is 31.7 Å². The Bertz CT molecular complexity index is 1280. The number of anilines is 1. The Morgan fingerprint density at radius 1 is 0.970 bits per heavy atom. The van der Waals surface area contributed by atoms with Gasteiger partial charge in [-0.2, -0.15) is 0 Å². The number of carbonyl (C=O) groups excluding carboxylic acids is 1. The summed E-state index contributed by atoms with van der Waals surface area (Å²) in [5.74, 6) is -0.842. The van der Waals surface area contributed by atoms with Crippen molar-refractivity contribution < 1.29 is 13.6 Å². The van der Waals surface area contributed by atoms with E-state index in [0.29, 0.717) is 17.3 Å². The van der Waals surface area contributed by atoms with E-state index in [2.05, 4.69) is 15.6 Å². The second-order valence-electron chi connectivity index (χ2n) is 8.57. The molecule has 1 heterocycles. The number of fused-ring (bicyclic) bond motifs is 3. The van der Waals surface area contributed by atoms with Gasteiger partial charge in [0.25, 0.3) is 5.91 Å². The molecule has 1 aromatic heterocycles. The largest absolute Gasteiger partial charge is 0.358 e. The van der Waals surface area contributed by atoms with Gasteiger partial charge >= 0.3 is 0 Å². The Labute approximate surface area is 191 Å². The minimum atomic E-state index is -0.368. The van der Waals surface area contributed by atoms with Gasteiger partial charge in [-0.15, -0.1) is 0 Å². The minimum Gasteiger partial charge on any atom is -0.358 e. The molecule has 4 nitrogen and oxygen atoms in total. The van der Waals surface area contributed by atoms with E-state index >= 15 is 0 Å². The van der Waals surface area contributed by atoms with Crippen LogP contribution < -0.4 is 10.6 Å². The van der Waals surface area contributed by atoms with E-state index in [1.165, 1.54) is 47.7 Å². The third-order valence-electron chi connectivity index (χ3n) is 6.31. The Morgan fingerprint density at radius 2 is 1.70 bits per heavy atom. The quantitative estimate of drug-likeness (QED) is 0.373. The van der Waals surface area contributed by atoms with Gasteiger partial charge in [-0.25, -0.2) is 8.78 Å². The third kappa shape index (κ3) is 4.81. The maximum absolute atomic E-state index is 13.1. The highest BCUT2D eigenvalue weighted by Crippen LogP contribution is 2.31. The predicted molar refractivity (Wildman–Crippen MR) is 127 cm³/mol. The van der Waals surface area contributed by atoms with Crippen molar-refractivity contribution in [3.05, 3.63) is 101 Å². The molecule has 1 amide bonds. The highest BCUT2D eigenvalue weighted by molar-refractivity contribution is 6.05. The summed E-state index contributed by atoms with van der Waals surface area (Å²) in [5, 5.41) is 7.68. The summed E-state index contributed by atoms with van der Waals surface area (Å²) in [7, 11) is 0. The van der Waals surface area contributed by atoms with E-state index in [1.807, 2.05) is 30.3 Å². The Kier molecular flexibility index (Phi) is 5.92. The molecular formula is C27H25F2N3O. The lowest BCUT2D eigenvalue weighted by Gasteiger charge is -2.24. The molecule has 1 aliphatic rings. The van der Waals surface area contributed by atoms with Crippen LogP contribution in [0.3, 0.4) is 0 Å². The van der Waals surface area contributed by atoms with Crippen LogP contribution in [-0.4, -0.2) is 23.5 Å². The fraction of sp³-hybridized carbons (Fsp3) is 0.222. The van der Waals surface area contributed by atoms with E-state index < -0.39 is 0 Å². The second-order valence-corrected chi connectivity index (χ2v) is 8.57. The zero-order valence-electron chi connectivity index (χ0n) is 18.1. The first kappa shape index (κ1) is 21.3. The fourth-order valence-electron chi connectivity index (χ4n) is 4.55. The van der Waals surface area contributed by atoms with Gasteiger partial charge in [0.1, 0.15) is 11.6 Å². The van der Waals surface area contributed by atoms with Crippen molar-refractivity contribution in [2.24, 2.45) is 0 Å². The first-order valence-electron chi connectivity index (χ1n) is 11.2. The molecule has 0 bridgehead atoms. The number of hydrogen-bond donors (Lipinski definition) is 3. The summed E-state index contributed by atoms with van der Waals surface area (Å²) in [4.78, 5) is 16.0. The number of carbonyl (C=O) groups is 1. The molecule has 1 aliphatic carbocycles. The molecule has 0 fully saturated rings. The molecule has 0 saturated carbocycles. The number of aryl methyl sites for hydroxylation is 1. The van der Waals surface area contributed by atoms with Gasteiger partial charge in [0.2, 0.25) is 0 Å². The minimum absolute atomic E-state index is 0.209. The lowest BCUT2D eigenvalue weighted by molar-refractivity contribution is 0.102. The van der Waals surface area contributed by atoms with Crippen LogP contribution in [0.4, 0.5) is 14.5 Å². The topological polar surface area (TPSA) is 56.9 Å². The molecular weight excluding hydrogens is 420 g/mol. The molecule has 0 spiro atoms. The van der Waals surface area contributed by atoms with Crippen LogP contribution in [0.15, 0.2) is 66.7 Å². The number of aromatic nitrogens is 1. The molecule has 0 saturated heterocycles. The molecule has 33 heavy (non-hydrogen) atoms. The zero-order valence-corrected chi connectivity index (χ0v) is 18.1.